The smallest absolute Gasteiger partial charge is 0.305 e. The number of carbonyl (C=O) groups is 2. The number of nitrogens with zero attached hydrogens (tertiary/aromatic N) is 3. The first-order valence-electron chi connectivity index (χ1n) is 8.72. The Kier molecular flexibility index (Phi) is 5.40. The van der Waals surface area contributed by atoms with Crippen molar-refractivity contribution in [2.24, 2.45) is 0 Å². The standard InChI is InChI=1S/C20H21N3O4/c1-3-22(12-11-18(24)25)20(26)16-13-23(15-7-5-4-6-8-15)21-19(16)17-10-9-14(2)27-17/h4-10,13H,3,11-12H2,1-2H3,(H,24,25). The van der Waals surface area contributed by atoms with Crippen LogP contribution in [0.5, 0.6) is 0 Å². The molecule has 7 nitrogen and oxygen atoms in total. The summed E-state index contributed by atoms with van der Waals surface area (Å²) in [5, 5.41) is 13.5. The van der Waals surface area contributed by atoms with Crippen LogP contribution in [0.15, 0.2) is 53.1 Å². The van der Waals surface area contributed by atoms with E-state index >= 15 is 0 Å². The van der Waals surface area contributed by atoms with Gasteiger partial charge in [-0.1, -0.05) is 18.2 Å². The maximum atomic E-state index is 13.1. The predicted octanol–water partition coefficient (Wildman–Crippen LogP) is 3.38. The minimum Gasteiger partial charge on any atom is -0.481 e. The molecule has 1 amide bonds. The molecule has 0 saturated carbocycles. The van der Waals surface area contributed by atoms with E-state index in [1.165, 1.54) is 4.90 Å². The molecule has 0 atom stereocenters. The number of para-hydroxylation sites is 1. The number of benzene rings is 1. The largest absolute Gasteiger partial charge is 0.481 e. The molecular weight excluding hydrogens is 346 g/mol. The van der Waals surface area contributed by atoms with Gasteiger partial charge in [-0.2, -0.15) is 5.10 Å². The summed E-state index contributed by atoms with van der Waals surface area (Å²) in [5.41, 5.74) is 1.63. The van der Waals surface area contributed by atoms with Crippen molar-refractivity contribution < 1.29 is 19.1 Å². The summed E-state index contributed by atoms with van der Waals surface area (Å²) in [5.74, 6) is 0.00352. The summed E-state index contributed by atoms with van der Waals surface area (Å²) in [6.45, 7) is 4.18. The highest BCUT2D eigenvalue weighted by Gasteiger charge is 2.24. The monoisotopic (exact) mass is 367 g/mol. The fourth-order valence-electron chi connectivity index (χ4n) is 2.79. The molecule has 0 saturated heterocycles. The molecule has 0 bridgehead atoms. The number of hydrogen-bond donors (Lipinski definition) is 1. The molecule has 2 aromatic heterocycles. The van der Waals surface area contributed by atoms with Gasteiger partial charge >= 0.3 is 5.97 Å². The van der Waals surface area contributed by atoms with Crippen LogP contribution in [0.25, 0.3) is 17.1 Å². The summed E-state index contributed by atoms with van der Waals surface area (Å²) < 4.78 is 7.31. The van der Waals surface area contributed by atoms with Gasteiger partial charge in [0.15, 0.2) is 5.76 Å². The molecule has 0 radical (unpaired) electrons. The number of furan rings is 1. The molecule has 0 aliphatic carbocycles. The molecule has 0 spiro atoms. The lowest BCUT2D eigenvalue weighted by Crippen LogP contribution is -2.33. The SMILES string of the molecule is CCN(CCC(=O)O)C(=O)c1cn(-c2ccccc2)nc1-c1ccc(C)o1. The first-order valence-corrected chi connectivity index (χ1v) is 8.72. The van der Waals surface area contributed by atoms with Crippen molar-refractivity contribution >= 4 is 11.9 Å². The van der Waals surface area contributed by atoms with E-state index in [0.29, 0.717) is 23.6 Å². The quantitative estimate of drug-likeness (QED) is 0.691. The lowest BCUT2D eigenvalue weighted by molar-refractivity contribution is -0.137. The van der Waals surface area contributed by atoms with Crippen LogP contribution in [-0.4, -0.2) is 44.8 Å². The first-order chi connectivity index (χ1) is 13.0. The van der Waals surface area contributed by atoms with E-state index in [1.807, 2.05) is 50.2 Å². The van der Waals surface area contributed by atoms with E-state index in [9.17, 15) is 9.59 Å². The Morgan fingerprint density at radius 1 is 1.19 bits per heavy atom. The molecule has 3 aromatic rings. The number of carboxylic acid groups (broad SMARTS) is 1. The van der Waals surface area contributed by atoms with Crippen LogP contribution in [0.3, 0.4) is 0 Å². The van der Waals surface area contributed by atoms with Gasteiger partial charge in [0.25, 0.3) is 5.91 Å². The van der Waals surface area contributed by atoms with Gasteiger partial charge < -0.3 is 14.4 Å². The van der Waals surface area contributed by atoms with Gasteiger partial charge in [-0.15, -0.1) is 0 Å². The van der Waals surface area contributed by atoms with Crippen molar-refractivity contribution in [3.05, 3.63) is 60.0 Å². The van der Waals surface area contributed by atoms with Crippen molar-refractivity contribution in [2.45, 2.75) is 20.3 Å². The number of hydrogen-bond acceptors (Lipinski definition) is 4. The molecule has 1 N–H and O–H groups in total. The molecule has 140 valence electrons. The van der Waals surface area contributed by atoms with Crippen LogP contribution in [0, 0.1) is 6.92 Å². The Hall–Kier alpha value is -3.35. The Morgan fingerprint density at radius 2 is 1.93 bits per heavy atom. The first kappa shape index (κ1) is 18.4. The van der Waals surface area contributed by atoms with Gasteiger partial charge in [0.1, 0.15) is 11.5 Å². The van der Waals surface area contributed by atoms with Crippen molar-refractivity contribution in [3.63, 3.8) is 0 Å². The maximum absolute atomic E-state index is 13.1. The molecule has 0 aliphatic heterocycles. The highest BCUT2D eigenvalue weighted by Crippen LogP contribution is 2.26. The molecule has 27 heavy (non-hydrogen) atoms. The fourth-order valence-corrected chi connectivity index (χ4v) is 2.79. The third-order valence-electron chi connectivity index (χ3n) is 4.20. The summed E-state index contributed by atoms with van der Waals surface area (Å²) >= 11 is 0. The normalized spacial score (nSPS) is 10.7. The van der Waals surface area contributed by atoms with E-state index < -0.39 is 5.97 Å². The summed E-state index contributed by atoms with van der Waals surface area (Å²) in [4.78, 5) is 25.5. The number of aliphatic carboxylic acids is 1. The average Bonchev–Trinajstić information content (AvgIpc) is 3.29. The third-order valence-corrected chi connectivity index (χ3v) is 4.20. The van der Waals surface area contributed by atoms with Gasteiger partial charge in [0.2, 0.25) is 0 Å². The van der Waals surface area contributed by atoms with Crippen LogP contribution in [0.2, 0.25) is 0 Å². The minimum atomic E-state index is -0.942. The second-order valence-corrected chi connectivity index (χ2v) is 6.11. The number of rotatable bonds is 7. The topological polar surface area (TPSA) is 88.6 Å². The predicted molar refractivity (Wildman–Crippen MR) is 99.8 cm³/mol. The van der Waals surface area contributed by atoms with Gasteiger partial charge in [-0.05, 0) is 38.1 Å². The highest BCUT2D eigenvalue weighted by atomic mass is 16.4. The van der Waals surface area contributed by atoms with Crippen molar-refractivity contribution in [1.29, 1.82) is 0 Å². The Labute approximate surface area is 156 Å². The molecule has 7 heteroatoms. The Balaban J connectivity index is 2.02. The van der Waals surface area contributed by atoms with E-state index in [0.717, 1.165) is 11.4 Å². The van der Waals surface area contributed by atoms with E-state index in [2.05, 4.69) is 5.10 Å². The number of carbonyl (C=O) groups excluding carboxylic acids is 1. The van der Waals surface area contributed by atoms with Crippen molar-refractivity contribution in [1.82, 2.24) is 14.7 Å². The van der Waals surface area contributed by atoms with Crippen LogP contribution < -0.4 is 0 Å². The summed E-state index contributed by atoms with van der Waals surface area (Å²) in [7, 11) is 0. The molecule has 0 unspecified atom stereocenters. The van der Waals surface area contributed by atoms with E-state index in [-0.39, 0.29) is 18.9 Å². The molecule has 2 heterocycles. The van der Waals surface area contributed by atoms with Crippen molar-refractivity contribution in [3.8, 4) is 17.1 Å². The molecular formula is C20H21N3O4. The highest BCUT2D eigenvalue weighted by molar-refractivity contribution is 5.99. The minimum absolute atomic E-state index is 0.110. The second-order valence-electron chi connectivity index (χ2n) is 6.11. The van der Waals surface area contributed by atoms with E-state index in [1.54, 1.807) is 16.9 Å². The van der Waals surface area contributed by atoms with Gasteiger partial charge in [-0.3, -0.25) is 9.59 Å². The van der Waals surface area contributed by atoms with Crippen LogP contribution >= 0.6 is 0 Å². The summed E-state index contributed by atoms with van der Waals surface area (Å²) in [6.07, 6.45) is 1.55. The average molecular weight is 367 g/mol. The molecule has 0 aliphatic rings. The zero-order valence-corrected chi connectivity index (χ0v) is 15.3. The zero-order valence-electron chi connectivity index (χ0n) is 15.3. The Bertz CT molecular complexity index is 943. The lowest BCUT2D eigenvalue weighted by Gasteiger charge is -2.19. The number of aromatic nitrogens is 2. The van der Waals surface area contributed by atoms with Gasteiger partial charge in [0, 0.05) is 19.3 Å². The summed E-state index contributed by atoms with van der Waals surface area (Å²) in [6, 6.07) is 13.0. The number of carboxylic acids is 1. The van der Waals surface area contributed by atoms with Gasteiger partial charge in [-0.25, -0.2) is 4.68 Å². The van der Waals surface area contributed by atoms with Crippen LogP contribution in [-0.2, 0) is 4.79 Å². The number of aryl methyl sites for hydroxylation is 1. The number of amides is 1. The second kappa shape index (κ2) is 7.90. The van der Waals surface area contributed by atoms with Gasteiger partial charge in [0.05, 0.1) is 17.7 Å². The van der Waals surface area contributed by atoms with E-state index in [4.69, 9.17) is 9.52 Å². The van der Waals surface area contributed by atoms with Crippen LogP contribution in [0.1, 0.15) is 29.5 Å². The molecule has 0 fully saturated rings. The lowest BCUT2D eigenvalue weighted by atomic mass is 10.1. The Morgan fingerprint density at radius 3 is 2.52 bits per heavy atom. The maximum Gasteiger partial charge on any atom is 0.305 e. The van der Waals surface area contributed by atoms with Crippen LogP contribution in [0.4, 0.5) is 0 Å². The molecule has 3 rings (SSSR count). The molecule has 1 aromatic carbocycles. The van der Waals surface area contributed by atoms with Crippen molar-refractivity contribution in [2.75, 3.05) is 13.1 Å². The fraction of sp³-hybridized carbons (Fsp3) is 0.250. The third kappa shape index (κ3) is 4.08. The zero-order chi connectivity index (χ0) is 19.4.